The van der Waals surface area contributed by atoms with Crippen LogP contribution in [0.25, 0.3) is 0 Å². The number of hydrogen-bond donors (Lipinski definition) is 3. The molecular formula is C12H16N6O. The molecule has 0 aromatic carbocycles. The Kier molecular flexibility index (Phi) is 3.76. The SMILES string of the molecule is CC(C)n1cc(NC(=O)c2cc(NN)ccn2)cn1. The van der Waals surface area contributed by atoms with Crippen molar-refractivity contribution in [1.29, 1.82) is 0 Å². The van der Waals surface area contributed by atoms with Crippen LogP contribution in [-0.2, 0) is 0 Å². The van der Waals surface area contributed by atoms with Gasteiger partial charge in [0.05, 0.1) is 17.6 Å². The summed E-state index contributed by atoms with van der Waals surface area (Å²) < 4.78 is 1.76. The molecule has 0 aliphatic carbocycles. The molecule has 2 aromatic heterocycles. The predicted molar refractivity (Wildman–Crippen MR) is 72.6 cm³/mol. The molecule has 0 unspecified atom stereocenters. The van der Waals surface area contributed by atoms with Crippen LogP contribution in [0.5, 0.6) is 0 Å². The van der Waals surface area contributed by atoms with Crippen molar-refractivity contribution in [3.8, 4) is 0 Å². The van der Waals surface area contributed by atoms with Crippen LogP contribution >= 0.6 is 0 Å². The van der Waals surface area contributed by atoms with Crippen LogP contribution in [0, 0.1) is 0 Å². The van der Waals surface area contributed by atoms with E-state index in [9.17, 15) is 4.79 Å². The van der Waals surface area contributed by atoms with E-state index < -0.39 is 0 Å². The molecule has 4 N–H and O–H groups in total. The van der Waals surface area contributed by atoms with Gasteiger partial charge >= 0.3 is 0 Å². The van der Waals surface area contributed by atoms with Gasteiger partial charge in [-0.3, -0.25) is 20.3 Å². The number of aromatic nitrogens is 3. The van der Waals surface area contributed by atoms with E-state index in [4.69, 9.17) is 5.84 Å². The second-order valence-electron chi connectivity index (χ2n) is 4.33. The summed E-state index contributed by atoms with van der Waals surface area (Å²) in [5, 5.41) is 6.88. The van der Waals surface area contributed by atoms with Gasteiger partial charge in [0.2, 0.25) is 0 Å². The average molecular weight is 260 g/mol. The topological polar surface area (TPSA) is 97.9 Å². The molecule has 0 bridgehead atoms. The van der Waals surface area contributed by atoms with Crippen LogP contribution < -0.4 is 16.6 Å². The molecule has 0 saturated carbocycles. The van der Waals surface area contributed by atoms with Crippen LogP contribution in [0.15, 0.2) is 30.7 Å². The molecule has 0 atom stereocenters. The number of amides is 1. The number of nitrogens with two attached hydrogens (primary N) is 1. The van der Waals surface area contributed by atoms with E-state index in [0.717, 1.165) is 0 Å². The molecule has 2 rings (SSSR count). The molecule has 2 aromatic rings. The Morgan fingerprint density at radius 3 is 2.84 bits per heavy atom. The molecule has 7 nitrogen and oxygen atoms in total. The number of carbonyl (C=O) groups is 1. The number of nitrogen functional groups attached to an aromatic ring is 1. The van der Waals surface area contributed by atoms with Gasteiger partial charge in [0.15, 0.2) is 0 Å². The number of pyridine rings is 1. The first kappa shape index (κ1) is 13.0. The smallest absolute Gasteiger partial charge is 0.274 e. The van der Waals surface area contributed by atoms with Crippen LogP contribution in [0.4, 0.5) is 11.4 Å². The summed E-state index contributed by atoms with van der Waals surface area (Å²) in [6, 6.07) is 3.49. The molecule has 100 valence electrons. The van der Waals surface area contributed by atoms with E-state index in [1.807, 2.05) is 13.8 Å². The number of hydrazine groups is 1. The Hall–Kier alpha value is -2.41. The van der Waals surface area contributed by atoms with Crippen molar-refractivity contribution in [2.24, 2.45) is 5.84 Å². The molecule has 2 heterocycles. The van der Waals surface area contributed by atoms with Gasteiger partial charge < -0.3 is 10.7 Å². The molecule has 0 fully saturated rings. The van der Waals surface area contributed by atoms with Crippen LogP contribution in [-0.4, -0.2) is 20.7 Å². The summed E-state index contributed by atoms with van der Waals surface area (Å²) >= 11 is 0. The van der Waals surface area contributed by atoms with Gasteiger partial charge in [-0.05, 0) is 26.0 Å². The highest BCUT2D eigenvalue weighted by molar-refractivity contribution is 6.03. The molecule has 0 spiro atoms. The largest absolute Gasteiger partial charge is 0.324 e. The van der Waals surface area contributed by atoms with E-state index in [2.05, 4.69) is 20.8 Å². The Bertz CT molecular complexity index is 577. The maximum Gasteiger partial charge on any atom is 0.274 e. The van der Waals surface area contributed by atoms with Crippen molar-refractivity contribution in [3.63, 3.8) is 0 Å². The monoisotopic (exact) mass is 260 g/mol. The molecule has 0 aliphatic rings. The van der Waals surface area contributed by atoms with Crippen molar-refractivity contribution in [1.82, 2.24) is 14.8 Å². The van der Waals surface area contributed by atoms with Crippen LogP contribution in [0.2, 0.25) is 0 Å². The summed E-state index contributed by atoms with van der Waals surface area (Å²) in [5.41, 5.74) is 4.01. The van der Waals surface area contributed by atoms with Gasteiger partial charge in [0, 0.05) is 18.4 Å². The zero-order valence-electron chi connectivity index (χ0n) is 10.8. The molecule has 0 saturated heterocycles. The first-order chi connectivity index (χ1) is 9.10. The van der Waals surface area contributed by atoms with Gasteiger partial charge in [-0.2, -0.15) is 5.10 Å². The minimum atomic E-state index is -0.305. The summed E-state index contributed by atoms with van der Waals surface area (Å²) in [6.45, 7) is 4.02. The Balaban J connectivity index is 2.11. The second-order valence-corrected chi connectivity index (χ2v) is 4.33. The third-order valence-electron chi connectivity index (χ3n) is 2.55. The predicted octanol–water partition coefficient (Wildman–Crippen LogP) is 1.40. The Morgan fingerprint density at radius 1 is 1.42 bits per heavy atom. The van der Waals surface area contributed by atoms with E-state index in [0.29, 0.717) is 11.4 Å². The van der Waals surface area contributed by atoms with Gasteiger partial charge in [-0.15, -0.1) is 0 Å². The van der Waals surface area contributed by atoms with E-state index in [1.165, 1.54) is 6.20 Å². The standard InChI is InChI=1S/C12H16N6O/c1-8(2)18-7-10(6-15-18)16-12(19)11-5-9(17-13)3-4-14-11/h3-8H,13H2,1-2H3,(H,14,17)(H,16,19). The molecule has 0 radical (unpaired) electrons. The van der Waals surface area contributed by atoms with E-state index in [1.54, 1.807) is 29.2 Å². The highest BCUT2D eigenvalue weighted by Crippen LogP contribution is 2.12. The summed E-state index contributed by atoms with van der Waals surface area (Å²) in [4.78, 5) is 16.0. The lowest BCUT2D eigenvalue weighted by Crippen LogP contribution is -2.14. The van der Waals surface area contributed by atoms with Gasteiger partial charge in [0.25, 0.3) is 5.91 Å². The lowest BCUT2D eigenvalue weighted by Gasteiger charge is -2.05. The Labute approximate surface area is 110 Å². The summed E-state index contributed by atoms with van der Waals surface area (Å²) in [7, 11) is 0. The average Bonchev–Trinajstić information content (AvgIpc) is 2.87. The quantitative estimate of drug-likeness (QED) is 0.570. The van der Waals surface area contributed by atoms with Gasteiger partial charge in [0.1, 0.15) is 5.69 Å². The third-order valence-corrected chi connectivity index (χ3v) is 2.55. The first-order valence-corrected chi connectivity index (χ1v) is 5.88. The molecule has 7 heteroatoms. The normalized spacial score (nSPS) is 10.5. The van der Waals surface area contributed by atoms with Crippen molar-refractivity contribution < 1.29 is 4.79 Å². The minimum absolute atomic E-state index is 0.244. The maximum absolute atomic E-state index is 12.0. The zero-order valence-corrected chi connectivity index (χ0v) is 10.8. The second kappa shape index (κ2) is 5.49. The highest BCUT2D eigenvalue weighted by Gasteiger charge is 2.10. The van der Waals surface area contributed by atoms with E-state index in [-0.39, 0.29) is 17.6 Å². The fraction of sp³-hybridized carbons (Fsp3) is 0.250. The number of rotatable bonds is 4. The molecule has 0 aliphatic heterocycles. The van der Waals surface area contributed by atoms with Crippen molar-refractivity contribution in [2.75, 3.05) is 10.7 Å². The van der Waals surface area contributed by atoms with Crippen LogP contribution in [0.1, 0.15) is 30.4 Å². The van der Waals surface area contributed by atoms with Crippen LogP contribution in [0.3, 0.4) is 0 Å². The van der Waals surface area contributed by atoms with Crippen molar-refractivity contribution in [3.05, 3.63) is 36.4 Å². The lowest BCUT2D eigenvalue weighted by atomic mass is 10.3. The van der Waals surface area contributed by atoms with Crippen molar-refractivity contribution in [2.45, 2.75) is 19.9 Å². The fourth-order valence-electron chi connectivity index (χ4n) is 1.52. The number of nitrogens with zero attached hydrogens (tertiary/aromatic N) is 3. The number of anilines is 2. The zero-order chi connectivity index (χ0) is 13.8. The highest BCUT2D eigenvalue weighted by atomic mass is 16.1. The fourth-order valence-corrected chi connectivity index (χ4v) is 1.52. The molecule has 1 amide bonds. The summed E-state index contributed by atoms with van der Waals surface area (Å²) in [5.74, 6) is 4.98. The minimum Gasteiger partial charge on any atom is -0.324 e. The van der Waals surface area contributed by atoms with Gasteiger partial charge in [-0.1, -0.05) is 0 Å². The number of carbonyl (C=O) groups excluding carboxylic acids is 1. The lowest BCUT2D eigenvalue weighted by molar-refractivity contribution is 0.102. The third kappa shape index (κ3) is 3.08. The first-order valence-electron chi connectivity index (χ1n) is 5.88. The summed E-state index contributed by atoms with van der Waals surface area (Å²) in [6.07, 6.45) is 4.89. The number of nitrogens with one attached hydrogen (secondary N) is 2. The maximum atomic E-state index is 12.0. The Morgan fingerprint density at radius 2 is 2.21 bits per heavy atom. The molecule has 19 heavy (non-hydrogen) atoms. The van der Waals surface area contributed by atoms with E-state index >= 15 is 0 Å². The van der Waals surface area contributed by atoms with Crippen molar-refractivity contribution >= 4 is 17.3 Å². The molecular weight excluding hydrogens is 244 g/mol. The number of hydrogen-bond acceptors (Lipinski definition) is 5. The van der Waals surface area contributed by atoms with Gasteiger partial charge in [-0.25, -0.2) is 0 Å².